The van der Waals surface area contributed by atoms with E-state index in [0.29, 0.717) is 38.0 Å². The Bertz CT molecular complexity index is 774. The average molecular weight is 474 g/mol. The third kappa shape index (κ3) is 9.25. The smallest absolute Gasteiger partial charge is 0.407 e. The van der Waals surface area contributed by atoms with Crippen molar-refractivity contribution in [3.8, 4) is 0 Å². The molecule has 0 aromatic heterocycles. The number of esters is 1. The first-order chi connectivity index (χ1) is 16.6. The first kappa shape index (κ1) is 25.9. The van der Waals surface area contributed by atoms with Crippen LogP contribution in [0.1, 0.15) is 51.0 Å². The molecule has 8 heteroatoms. The van der Waals surface area contributed by atoms with Gasteiger partial charge in [0.05, 0.1) is 19.8 Å². The zero-order valence-corrected chi connectivity index (χ0v) is 20.3. The van der Waals surface area contributed by atoms with Crippen molar-refractivity contribution in [1.82, 2.24) is 15.5 Å². The van der Waals surface area contributed by atoms with E-state index in [0.717, 1.165) is 25.1 Å². The lowest BCUT2D eigenvalue weighted by Crippen LogP contribution is -2.44. The number of hydrogen-bond acceptors (Lipinski definition) is 7. The zero-order valence-electron chi connectivity index (χ0n) is 20.3. The summed E-state index contributed by atoms with van der Waals surface area (Å²) in [6.07, 6.45) is 8.30. The molecule has 1 aromatic rings. The highest BCUT2D eigenvalue weighted by atomic mass is 16.5. The third-order valence-corrected chi connectivity index (χ3v) is 6.27. The second-order valence-corrected chi connectivity index (χ2v) is 8.94. The number of nitrogens with one attached hydrogen (secondary N) is 2. The van der Waals surface area contributed by atoms with Gasteiger partial charge in [0, 0.05) is 31.9 Å². The number of morpholine rings is 1. The van der Waals surface area contributed by atoms with Gasteiger partial charge in [-0.2, -0.15) is 0 Å². The predicted molar refractivity (Wildman–Crippen MR) is 130 cm³/mol. The summed E-state index contributed by atoms with van der Waals surface area (Å²) < 4.78 is 16.1. The molecule has 1 atom stereocenters. The number of amides is 1. The minimum Gasteiger partial charge on any atom is -0.461 e. The maximum atomic E-state index is 12.6. The molecular weight excluding hydrogens is 434 g/mol. The molecule has 1 amide bonds. The fourth-order valence-corrected chi connectivity index (χ4v) is 4.45. The second-order valence-electron chi connectivity index (χ2n) is 8.94. The molecule has 0 spiro atoms. The summed E-state index contributed by atoms with van der Waals surface area (Å²) in [5.41, 5.74) is 1.34. The lowest BCUT2D eigenvalue weighted by molar-refractivity contribution is -0.139. The molecular formula is C26H39N3O5. The van der Waals surface area contributed by atoms with E-state index in [9.17, 15) is 9.59 Å². The number of carbonyl (C=O) groups excluding carboxylic acids is 2. The van der Waals surface area contributed by atoms with E-state index in [1.165, 1.54) is 32.1 Å². The van der Waals surface area contributed by atoms with Gasteiger partial charge in [0.15, 0.2) is 0 Å². The summed E-state index contributed by atoms with van der Waals surface area (Å²) in [6.45, 7) is 5.45. The van der Waals surface area contributed by atoms with Crippen LogP contribution in [-0.4, -0.2) is 62.5 Å². The molecule has 34 heavy (non-hydrogen) atoms. The molecule has 2 N–H and O–H groups in total. The van der Waals surface area contributed by atoms with Crippen molar-refractivity contribution in [2.24, 2.45) is 5.92 Å². The SMILES string of the molecule is CCOC(=O)/C(=C/N1CCOCC1)NC[C@H](CC1CCCCC1)NC(=O)OCc1ccccc1. The van der Waals surface area contributed by atoms with Gasteiger partial charge in [-0.05, 0) is 24.8 Å². The van der Waals surface area contributed by atoms with Gasteiger partial charge in [-0.3, -0.25) is 0 Å². The molecule has 1 heterocycles. The summed E-state index contributed by atoms with van der Waals surface area (Å²) in [7, 11) is 0. The summed E-state index contributed by atoms with van der Waals surface area (Å²) in [5, 5.41) is 6.28. The molecule has 1 aliphatic carbocycles. The van der Waals surface area contributed by atoms with Crippen LogP contribution in [0.5, 0.6) is 0 Å². The van der Waals surface area contributed by atoms with Crippen LogP contribution >= 0.6 is 0 Å². The van der Waals surface area contributed by atoms with Crippen molar-refractivity contribution >= 4 is 12.1 Å². The molecule has 1 saturated carbocycles. The molecule has 0 radical (unpaired) electrons. The van der Waals surface area contributed by atoms with Gasteiger partial charge in [-0.1, -0.05) is 62.4 Å². The summed E-state index contributed by atoms with van der Waals surface area (Å²) in [5.74, 6) is 0.168. The van der Waals surface area contributed by atoms with Crippen LogP contribution in [0.15, 0.2) is 42.2 Å². The van der Waals surface area contributed by atoms with Crippen molar-refractivity contribution in [3.05, 3.63) is 47.8 Å². The predicted octanol–water partition coefficient (Wildman–Crippen LogP) is 3.58. The third-order valence-electron chi connectivity index (χ3n) is 6.27. The largest absolute Gasteiger partial charge is 0.461 e. The van der Waals surface area contributed by atoms with Crippen molar-refractivity contribution < 1.29 is 23.8 Å². The molecule has 2 fully saturated rings. The van der Waals surface area contributed by atoms with Crippen molar-refractivity contribution in [2.75, 3.05) is 39.5 Å². The molecule has 8 nitrogen and oxygen atoms in total. The van der Waals surface area contributed by atoms with Gasteiger partial charge >= 0.3 is 12.1 Å². The highest BCUT2D eigenvalue weighted by Gasteiger charge is 2.23. The summed E-state index contributed by atoms with van der Waals surface area (Å²) in [6, 6.07) is 9.47. The lowest BCUT2D eigenvalue weighted by Gasteiger charge is -2.29. The van der Waals surface area contributed by atoms with Crippen LogP contribution in [0.4, 0.5) is 4.79 Å². The molecule has 188 valence electrons. The molecule has 3 rings (SSSR count). The van der Waals surface area contributed by atoms with Gasteiger partial charge in [-0.15, -0.1) is 0 Å². The maximum Gasteiger partial charge on any atom is 0.407 e. The lowest BCUT2D eigenvalue weighted by atomic mass is 9.85. The van der Waals surface area contributed by atoms with Gasteiger partial charge < -0.3 is 29.7 Å². The number of rotatable bonds is 11. The highest BCUT2D eigenvalue weighted by Crippen LogP contribution is 2.27. The Kier molecular flexibility index (Phi) is 11.0. The number of nitrogens with zero attached hydrogens (tertiary/aromatic N) is 1. The van der Waals surface area contributed by atoms with E-state index in [4.69, 9.17) is 14.2 Å². The second kappa shape index (κ2) is 14.5. The number of alkyl carbamates (subject to hydrolysis) is 1. The first-order valence-electron chi connectivity index (χ1n) is 12.6. The van der Waals surface area contributed by atoms with Crippen LogP contribution in [0.2, 0.25) is 0 Å². The number of hydrogen-bond donors (Lipinski definition) is 2. The zero-order chi connectivity index (χ0) is 24.0. The average Bonchev–Trinajstić information content (AvgIpc) is 2.87. The van der Waals surface area contributed by atoms with Crippen LogP contribution < -0.4 is 10.6 Å². The Morgan fingerprint density at radius 3 is 2.56 bits per heavy atom. The normalized spacial score (nSPS) is 18.1. The number of carbonyl (C=O) groups is 2. The van der Waals surface area contributed by atoms with Crippen molar-refractivity contribution in [1.29, 1.82) is 0 Å². The van der Waals surface area contributed by atoms with E-state index >= 15 is 0 Å². The monoisotopic (exact) mass is 473 g/mol. The van der Waals surface area contributed by atoms with Gasteiger partial charge in [-0.25, -0.2) is 9.59 Å². The standard InChI is InChI=1S/C26H39N3O5/c1-2-33-25(30)24(19-29-13-15-32-16-14-29)27-18-23(17-21-9-5-3-6-10-21)28-26(31)34-20-22-11-7-4-8-12-22/h4,7-8,11-12,19,21,23,27H,2-3,5-6,9-10,13-18,20H2,1H3,(H,28,31)/b24-19-/t23-/m0/s1. The quantitative estimate of drug-likeness (QED) is 0.375. The molecule has 0 bridgehead atoms. The van der Waals surface area contributed by atoms with Crippen LogP contribution in [0, 0.1) is 5.92 Å². The molecule has 0 unspecified atom stereocenters. The van der Waals surface area contributed by atoms with Gasteiger partial charge in [0.25, 0.3) is 0 Å². The summed E-state index contributed by atoms with van der Waals surface area (Å²) >= 11 is 0. The fourth-order valence-electron chi connectivity index (χ4n) is 4.45. The Morgan fingerprint density at radius 2 is 1.85 bits per heavy atom. The van der Waals surface area contributed by atoms with Crippen LogP contribution in [-0.2, 0) is 25.6 Å². The van der Waals surface area contributed by atoms with Gasteiger partial charge in [0.2, 0.25) is 0 Å². The Balaban J connectivity index is 1.61. The maximum absolute atomic E-state index is 12.6. The van der Waals surface area contributed by atoms with Crippen molar-refractivity contribution in [2.45, 2.75) is 58.1 Å². The van der Waals surface area contributed by atoms with E-state index in [2.05, 4.69) is 15.5 Å². The van der Waals surface area contributed by atoms with E-state index in [-0.39, 0.29) is 12.6 Å². The van der Waals surface area contributed by atoms with E-state index < -0.39 is 12.1 Å². The molecule has 1 saturated heterocycles. The van der Waals surface area contributed by atoms with Crippen LogP contribution in [0.25, 0.3) is 0 Å². The van der Waals surface area contributed by atoms with E-state index in [1.54, 1.807) is 6.92 Å². The fraction of sp³-hybridized carbons (Fsp3) is 0.615. The molecule has 2 aliphatic rings. The Labute approximate surface area is 203 Å². The molecule has 1 aliphatic heterocycles. The topological polar surface area (TPSA) is 89.1 Å². The van der Waals surface area contributed by atoms with Crippen molar-refractivity contribution in [3.63, 3.8) is 0 Å². The first-order valence-corrected chi connectivity index (χ1v) is 12.6. The summed E-state index contributed by atoms with van der Waals surface area (Å²) in [4.78, 5) is 27.2. The minimum atomic E-state index is -0.443. The Hall–Kier alpha value is -2.74. The highest BCUT2D eigenvalue weighted by molar-refractivity contribution is 5.87. The van der Waals surface area contributed by atoms with Gasteiger partial charge in [0.1, 0.15) is 12.3 Å². The van der Waals surface area contributed by atoms with Crippen LogP contribution in [0.3, 0.4) is 0 Å². The minimum absolute atomic E-state index is 0.158. The number of benzene rings is 1. The number of ether oxygens (including phenoxy) is 3. The Morgan fingerprint density at radius 1 is 1.12 bits per heavy atom. The molecule has 1 aromatic carbocycles. The van der Waals surface area contributed by atoms with E-state index in [1.807, 2.05) is 36.5 Å².